The number of ether oxygens (including phenoxy) is 1. The van der Waals surface area contributed by atoms with Crippen molar-refractivity contribution in [2.24, 2.45) is 0 Å². The van der Waals surface area contributed by atoms with E-state index in [0.717, 1.165) is 30.5 Å². The molecule has 1 atom stereocenters. The molecule has 1 amide bonds. The summed E-state index contributed by atoms with van der Waals surface area (Å²) >= 11 is 0. The minimum absolute atomic E-state index is 0.0148. The fourth-order valence-electron chi connectivity index (χ4n) is 2.30. The molecule has 0 radical (unpaired) electrons. The molecule has 2 rings (SSSR count). The summed E-state index contributed by atoms with van der Waals surface area (Å²) in [6, 6.07) is 8.06. The van der Waals surface area contributed by atoms with Gasteiger partial charge in [0, 0.05) is 13.2 Å². The number of nitrogens with one attached hydrogen (secondary N) is 2. The summed E-state index contributed by atoms with van der Waals surface area (Å²) in [5.41, 5.74) is 2.27. The van der Waals surface area contributed by atoms with Gasteiger partial charge in [-0.05, 0) is 37.4 Å². The van der Waals surface area contributed by atoms with Crippen molar-refractivity contribution in [2.75, 3.05) is 13.2 Å². The van der Waals surface area contributed by atoms with Crippen LogP contribution >= 0.6 is 0 Å². The molecule has 1 aliphatic heterocycles. The number of rotatable bonds is 6. The molecule has 19 heavy (non-hydrogen) atoms. The maximum absolute atomic E-state index is 11.9. The second-order valence-electron chi connectivity index (χ2n) is 4.77. The van der Waals surface area contributed by atoms with E-state index in [1.165, 1.54) is 0 Å². The molecule has 104 valence electrons. The van der Waals surface area contributed by atoms with Crippen molar-refractivity contribution in [3.63, 3.8) is 0 Å². The second-order valence-corrected chi connectivity index (χ2v) is 4.77. The maximum atomic E-state index is 11.9. The summed E-state index contributed by atoms with van der Waals surface area (Å²) in [5, 5.41) is 6.21. The van der Waals surface area contributed by atoms with Crippen molar-refractivity contribution >= 4 is 5.91 Å². The number of carbonyl (C=O) groups excluding carboxylic acids is 1. The van der Waals surface area contributed by atoms with Gasteiger partial charge in [-0.3, -0.25) is 4.79 Å². The van der Waals surface area contributed by atoms with Crippen LogP contribution in [-0.2, 0) is 22.7 Å². The summed E-state index contributed by atoms with van der Waals surface area (Å²) in [7, 11) is 0. The number of hydrogen-bond acceptors (Lipinski definition) is 3. The zero-order valence-corrected chi connectivity index (χ0v) is 11.4. The van der Waals surface area contributed by atoms with Crippen LogP contribution in [0, 0.1) is 0 Å². The highest BCUT2D eigenvalue weighted by Crippen LogP contribution is 2.11. The molecule has 1 aliphatic rings. The van der Waals surface area contributed by atoms with Crippen LogP contribution in [0.5, 0.6) is 0 Å². The van der Waals surface area contributed by atoms with E-state index in [9.17, 15) is 4.79 Å². The van der Waals surface area contributed by atoms with Gasteiger partial charge in [-0.25, -0.2) is 0 Å². The van der Waals surface area contributed by atoms with Gasteiger partial charge in [-0.15, -0.1) is 0 Å². The Labute approximate surface area is 114 Å². The molecule has 0 saturated carbocycles. The van der Waals surface area contributed by atoms with Crippen molar-refractivity contribution in [1.82, 2.24) is 10.6 Å². The van der Waals surface area contributed by atoms with Crippen molar-refractivity contribution in [3.8, 4) is 0 Å². The van der Waals surface area contributed by atoms with Gasteiger partial charge in [0.15, 0.2) is 0 Å². The first kappa shape index (κ1) is 14.0. The van der Waals surface area contributed by atoms with Crippen LogP contribution < -0.4 is 10.6 Å². The number of amides is 1. The van der Waals surface area contributed by atoms with Crippen LogP contribution in [0.4, 0.5) is 0 Å². The SMILES string of the molecule is CCOCc1ccccc1CNC(=O)C1CCCN1. The Bertz CT molecular complexity index is 414. The van der Waals surface area contributed by atoms with Gasteiger partial charge in [-0.2, -0.15) is 0 Å². The van der Waals surface area contributed by atoms with E-state index >= 15 is 0 Å². The van der Waals surface area contributed by atoms with Crippen molar-refractivity contribution in [2.45, 2.75) is 39.0 Å². The molecule has 1 unspecified atom stereocenters. The zero-order chi connectivity index (χ0) is 13.5. The lowest BCUT2D eigenvalue weighted by atomic mass is 10.1. The van der Waals surface area contributed by atoms with Crippen LogP contribution in [0.2, 0.25) is 0 Å². The molecular formula is C15H22N2O2. The average Bonchev–Trinajstić information content (AvgIpc) is 2.97. The smallest absolute Gasteiger partial charge is 0.237 e. The molecule has 0 bridgehead atoms. The Balaban J connectivity index is 1.89. The Hall–Kier alpha value is -1.39. The average molecular weight is 262 g/mol. The van der Waals surface area contributed by atoms with Crippen LogP contribution in [-0.4, -0.2) is 25.1 Å². The van der Waals surface area contributed by atoms with E-state index in [1.54, 1.807) is 0 Å². The van der Waals surface area contributed by atoms with Gasteiger partial charge in [-0.1, -0.05) is 24.3 Å². The molecule has 4 nitrogen and oxygen atoms in total. The molecule has 2 N–H and O–H groups in total. The van der Waals surface area contributed by atoms with Crippen LogP contribution in [0.1, 0.15) is 30.9 Å². The highest BCUT2D eigenvalue weighted by molar-refractivity contribution is 5.82. The first-order chi connectivity index (χ1) is 9.31. The van der Waals surface area contributed by atoms with E-state index < -0.39 is 0 Å². The third-order valence-corrected chi connectivity index (χ3v) is 3.41. The fraction of sp³-hybridized carbons (Fsp3) is 0.533. The molecule has 1 saturated heterocycles. The van der Waals surface area contributed by atoms with Gasteiger partial charge >= 0.3 is 0 Å². The van der Waals surface area contributed by atoms with Crippen molar-refractivity contribution in [3.05, 3.63) is 35.4 Å². The fourth-order valence-corrected chi connectivity index (χ4v) is 2.30. The molecule has 0 aromatic heterocycles. The summed E-state index contributed by atoms with van der Waals surface area (Å²) < 4.78 is 5.44. The van der Waals surface area contributed by atoms with Gasteiger partial charge < -0.3 is 15.4 Å². The Kier molecular flexibility index (Phi) is 5.36. The molecule has 0 aliphatic carbocycles. The van der Waals surface area contributed by atoms with Crippen molar-refractivity contribution in [1.29, 1.82) is 0 Å². The number of carbonyl (C=O) groups is 1. The van der Waals surface area contributed by atoms with Gasteiger partial charge in [0.2, 0.25) is 5.91 Å². The number of benzene rings is 1. The minimum Gasteiger partial charge on any atom is -0.377 e. The molecule has 1 heterocycles. The van der Waals surface area contributed by atoms with E-state index in [1.807, 2.05) is 31.2 Å². The molecule has 1 aromatic rings. The minimum atomic E-state index is -0.0148. The van der Waals surface area contributed by atoms with Gasteiger partial charge in [0.25, 0.3) is 0 Å². The molecule has 1 aromatic carbocycles. The van der Waals surface area contributed by atoms with E-state index in [4.69, 9.17) is 4.74 Å². The standard InChI is InChI=1S/C15H22N2O2/c1-2-19-11-13-7-4-3-6-12(13)10-17-15(18)14-8-5-9-16-14/h3-4,6-7,14,16H,2,5,8-11H2,1H3,(H,17,18). The van der Waals surface area contributed by atoms with Crippen LogP contribution in [0.25, 0.3) is 0 Å². The first-order valence-corrected chi connectivity index (χ1v) is 6.97. The molecule has 1 fully saturated rings. The zero-order valence-electron chi connectivity index (χ0n) is 11.4. The third-order valence-electron chi connectivity index (χ3n) is 3.41. The van der Waals surface area contributed by atoms with E-state index in [-0.39, 0.29) is 11.9 Å². The lowest BCUT2D eigenvalue weighted by Crippen LogP contribution is -2.40. The van der Waals surface area contributed by atoms with E-state index in [2.05, 4.69) is 10.6 Å². The van der Waals surface area contributed by atoms with E-state index in [0.29, 0.717) is 19.8 Å². The topological polar surface area (TPSA) is 50.4 Å². The predicted molar refractivity (Wildman–Crippen MR) is 74.6 cm³/mol. The van der Waals surface area contributed by atoms with Crippen molar-refractivity contribution < 1.29 is 9.53 Å². The third kappa shape index (κ3) is 4.04. The summed E-state index contributed by atoms with van der Waals surface area (Å²) in [5.74, 6) is 0.101. The Morgan fingerprint density at radius 1 is 1.42 bits per heavy atom. The summed E-state index contributed by atoms with van der Waals surface area (Å²) in [4.78, 5) is 11.9. The number of hydrogen-bond donors (Lipinski definition) is 2. The van der Waals surface area contributed by atoms with Crippen LogP contribution in [0.3, 0.4) is 0 Å². The molecule has 0 spiro atoms. The monoisotopic (exact) mass is 262 g/mol. The highest BCUT2D eigenvalue weighted by Gasteiger charge is 2.21. The molecule has 4 heteroatoms. The molecular weight excluding hydrogens is 240 g/mol. The maximum Gasteiger partial charge on any atom is 0.237 e. The lowest BCUT2D eigenvalue weighted by Gasteiger charge is -2.13. The van der Waals surface area contributed by atoms with Gasteiger partial charge in [0.1, 0.15) is 0 Å². The summed E-state index contributed by atoms with van der Waals surface area (Å²) in [6.45, 7) is 4.80. The largest absolute Gasteiger partial charge is 0.377 e. The Morgan fingerprint density at radius 3 is 2.89 bits per heavy atom. The predicted octanol–water partition coefficient (Wildman–Crippen LogP) is 1.59. The second kappa shape index (κ2) is 7.26. The van der Waals surface area contributed by atoms with Crippen LogP contribution in [0.15, 0.2) is 24.3 Å². The quantitative estimate of drug-likeness (QED) is 0.818. The highest BCUT2D eigenvalue weighted by atomic mass is 16.5. The van der Waals surface area contributed by atoms with Gasteiger partial charge in [0.05, 0.1) is 12.6 Å². The lowest BCUT2D eigenvalue weighted by molar-refractivity contribution is -0.122. The normalized spacial score (nSPS) is 18.5. The summed E-state index contributed by atoms with van der Waals surface area (Å²) in [6.07, 6.45) is 2.02. The first-order valence-electron chi connectivity index (χ1n) is 6.97. The Morgan fingerprint density at radius 2 is 2.21 bits per heavy atom.